The third kappa shape index (κ3) is 5.81. The molecule has 4 aromatic rings. The molecule has 0 saturated heterocycles. The second kappa shape index (κ2) is 11.7. The fourth-order valence-electron chi connectivity index (χ4n) is 4.94. The molecule has 0 radical (unpaired) electrons. The van der Waals surface area contributed by atoms with E-state index in [1.165, 1.54) is 23.5 Å². The first kappa shape index (κ1) is 29.4. The lowest BCUT2D eigenvalue weighted by atomic mass is 9.83. The Labute approximate surface area is 247 Å². The van der Waals surface area contributed by atoms with Gasteiger partial charge in [0.05, 0.1) is 17.8 Å². The van der Waals surface area contributed by atoms with Crippen LogP contribution < -0.4 is 0 Å². The molecule has 3 aromatic heterocycles. The Hall–Kier alpha value is -4.05. The minimum Gasteiger partial charge on any atom is -0.333 e. The molecule has 0 fully saturated rings. The second-order valence-corrected chi connectivity index (χ2v) is 11.5. The molecule has 0 saturated carbocycles. The summed E-state index contributed by atoms with van der Waals surface area (Å²) in [4.78, 5) is 21.5. The highest BCUT2D eigenvalue weighted by atomic mass is 35.5. The highest BCUT2D eigenvalue weighted by molar-refractivity contribution is 7.12. The van der Waals surface area contributed by atoms with E-state index in [1.807, 2.05) is 19.0 Å². The van der Waals surface area contributed by atoms with Gasteiger partial charge in [-0.1, -0.05) is 41.9 Å². The van der Waals surface area contributed by atoms with Crippen LogP contribution in [0.1, 0.15) is 32.5 Å². The molecule has 1 atom stereocenters. The zero-order valence-corrected chi connectivity index (χ0v) is 23.9. The van der Waals surface area contributed by atoms with Crippen molar-refractivity contribution in [3.8, 4) is 22.9 Å². The number of carbonyl (C=O) groups excluding carboxylic acids is 1. The summed E-state index contributed by atoms with van der Waals surface area (Å²) in [7, 11) is 3.75. The van der Waals surface area contributed by atoms with Gasteiger partial charge in [0.25, 0.3) is 0 Å². The first-order chi connectivity index (χ1) is 20.0. The quantitative estimate of drug-likeness (QED) is 0.189. The lowest BCUT2D eigenvalue weighted by molar-refractivity contribution is -0.140. The lowest BCUT2D eigenvalue weighted by Crippen LogP contribution is -2.37. The zero-order valence-electron chi connectivity index (χ0n) is 22.4. The number of nitriles is 1. The van der Waals surface area contributed by atoms with E-state index in [-0.39, 0.29) is 40.8 Å². The van der Waals surface area contributed by atoms with Gasteiger partial charge in [0.1, 0.15) is 16.6 Å². The second-order valence-electron chi connectivity index (χ2n) is 9.91. The SMILES string of the molecule is CN(C)C/C=C/C(=O)N1Cc2sc(C#N)cc2[C@H](c2ccccc2-c2cn(-c3c(F)cncc3Cl)nc2C(F)(F)F)C1. The van der Waals surface area contributed by atoms with Crippen molar-refractivity contribution in [3.63, 3.8) is 0 Å². The van der Waals surface area contributed by atoms with Crippen molar-refractivity contribution >= 4 is 28.8 Å². The first-order valence-electron chi connectivity index (χ1n) is 12.7. The molecular formula is C29H23ClF4N6OS. The van der Waals surface area contributed by atoms with Gasteiger partial charge in [-0.2, -0.15) is 23.5 Å². The Kier molecular flexibility index (Phi) is 8.19. The van der Waals surface area contributed by atoms with Crippen LogP contribution in [-0.2, 0) is 17.5 Å². The molecule has 1 aromatic carbocycles. The highest BCUT2D eigenvalue weighted by Crippen LogP contribution is 2.44. The number of thiophene rings is 1. The number of hydrogen-bond acceptors (Lipinski definition) is 6. The van der Waals surface area contributed by atoms with Gasteiger partial charge >= 0.3 is 6.18 Å². The van der Waals surface area contributed by atoms with E-state index in [9.17, 15) is 27.6 Å². The van der Waals surface area contributed by atoms with Crippen LogP contribution in [0.25, 0.3) is 16.8 Å². The molecule has 4 heterocycles. The summed E-state index contributed by atoms with van der Waals surface area (Å²) in [6.07, 6.45) is 1.39. The summed E-state index contributed by atoms with van der Waals surface area (Å²) in [5.41, 5.74) is -0.382. The maximum atomic E-state index is 14.6. The van der Waals surface area contributed by atoms with Crippen LogP contribution in [0.4, 0.5) is 17.6 Å². The predicted molar refractivity (Wildman–Crippen MR) is 151 cm³/mol. The van der Waals surface area contributed by atoms with Gasteiger partial charge in [-0.15, -0.1) is 11.3 Å². The minimum atomic E-state index is -4.88. The highest BCUT2D eigenvalue weighted by Gasteiger charge is 2.40. The monoisotopic (exact) mass is 614 g/mol. The Bertz CT molecular complexity index is 1700. The number of halogens is 5. The number of rotatable bonds is 6. The van der Waals surface area contributed by atoms with Crippen molar-refractivity contribution in [2.45, 2.75) is 18.6 Å². The van der Waals surface area contributed by atoms with Crippen molar-refractivity contribution < 1.29 is 22.4 Å². The smallest absolute Gasteiger partial charge is 0.333 e. The number of alkyl halides is 3. The molecule has 0 N–H and O–H groups in total. The number of likely N-dealkylation sites (N-methyl/N-ethyl adjacent to an activating group) is 1. The topological polar surface area (TPSA) is 78.0 Å². The number of amides is 1. The number of benzene rings is 1. The van der Waals surface area contributed by atoms with Crippen LogP contribution in [0.5, 0.6) is 0 Å². The van der Waals surface area contributed by atoms with Gasteiger partial charge in [-0.05, 0) is 36.9 Å². The van der Waals surface area contributed by atoms with Gasteiger partial charge in [-0.25, -0.2) is 9.07 Å². The van der Waals surface area contributed by atoms with E-state index in [2.05, 4.69) is 16.2 Å². The Balaban J connectivity index is 1.65. The molecule has 42 heavy (non-hydrogen) atoms. The van der Waals surface area contributed by atoms with Crippen LogP contribution in [0.15, 0.2) is 61.1 Å². The van der Waals surface area contributed by atoms with Crippen molar-refractivity contribution in [2.75, 3.05) is 27.2 Å². The number of hydrogen-bond donors (Lipinski definition) is 0. The maximum Gasteiger partial charge on any atom is 0.435 e. The summed E-state index contributed by atoms with van der Waals surface area (Å²) >= 11 is 7.35. The molecule has 216 valence electrons. The lowest BCUT2D eigenvalue weighted by Gasteiger charge is -2.33. The fourth-order valence-corrected chi connectivity index (χ4v) is 6.21. The van der Waals surface area contributed by atoms with Crippen LogP contribution in [0.3, 0.4) is 0 Å². The maximum absolute atomic E-state index is 14.6. The summed E-state index contributed by atoms with van der Waals surface area (Å²) in [5, 5.41) is 13.1. The average molecular weight is 615 g/mol. The summed E-state index contributed by atoms with van der Waals surface area (Å²) < 4.78 is 58.5. The number of pyridine rings is 1. The normalized spacial score (nSPS) is 15.3. The van der Waals surface area contributed by atoms with Crippen LogP contribution in [0.2, 0.25) is 5.02 Å². The Morgan fingerprint density at radius 2 is 2.00 bits per heavy atom. The molecule has 13 heteroatoms. The van der Waals surface area contributed by atoms with Crippen molar-refractivity contribution in [1.82, 2.24) is 24.6 Å². The first-order valence-corrected chi connectivity index (χ1v) is 13.9. The van der Waals surface area contributed by atoms with Gasteiger partial charge in [0, 0.05) is 47.9 Å². The van der Waals surface area contributed by atoms with Crippen LogP contribution >= 0.6 is 22.9 Å². The molecule has 1 aliphatic heterocycles. The predicted octanol–water partition coefficient (Wildman–Crippen LogP) is 6.27. The average Bonchev–Trinajstić information content (AvgIpc) is 3.57. The zero-order chi connectivity index (χ0) is 30.2. The van der Waals surface area contributed by atoms with Crippen molar-refractivity contribution in [1.29, 1.82) is 5.26 Å². The molecule has 0 unspecified atom stereocenters. The van der Waals surface area contributed by atoms with Crippen LogP contribution in [0, 0.1) is 17.1 Å². The molecule has 0 bridgehead atoms. The third-order valence-corrected chi connectivity index (χ3v) is 8.09. The number of nitrogens with zero attached hydrogens (tertiary/aromatic N) is 6. The Morgan fingerprint density at radius 3 is 2.69 bits per heavy atom. The molecular weight excluding hydrogens is 592 g/mol. The molecule has 5 rings (SSSR count). The van der Waals surface area contributed by atoms with Gasteiger partial charge in [0.15, 0.2) is 11.5 Å². The van der Waals surface area contributed by atoms with E-state index in [0.717, 1.165) is 33.7 Å². The van der Waals surface area contributed by atoms with Gasteiger partial charge < -0.3 is 9.80 Å². The van der Waals surface area contributed by atoms with E-state index < -0.39 is 23.6 Å². The van der Waals surface area contributed by atoms with Crippen molar-refractivity contribution in [3.05, 3.63) is 98.5 Å². The van der Waals surface area contributed by atoms with E-state index >= 15 is 0 Å². The largest absolute Gasteiger partial charge is 0.435 e. The van der Waals surface area contributed by atoms with E-state index in [0.29, 0.717) is 17.0 Å². The minimum absolute atomic E-state index is 0.178. The number of fused-ring (bicyclic) bond motifs is 1. The Morgan fingerprint density at radius 1 is 1.24 bits per heavy atom. The van der Waals surface area contributed by atoms with Crippen LogP contribution in [-0.4, -0.2) is 57.7 Å². The molecule has 7 nitrogen and oxygen atoms in total. The van der Waals surface area contributed by atoms with Gasteiger partial charge in [0.2, 0.25) is 5.91 Å². The van der Waals surface area contributed by atoms with E-state index in [4.69, 9.17) is 11.6 Å². The molecule has 0 spiro atoms. The fraction of sp³-hybridized carbons (Fsp3) is 0.241. The van der Waals surface area contributed by atoms with E-state index in [1.54, 1.807) is 35.2 Å². The summed E-state index contributed by atoms with van der Waals surface area (Å²) in [6, 6.07) is 10.4. The standard InChI is InChI=1S/C29H23ClF4N6OS/c1-38(2)9-5-8-26(41)39-14-21(20-10-17(11-35)42-25(20)16-39)18-6-3-4-7-19(18)22-15-40(37-28(22)29(32,33)34)27-23(30)12-36-13-24(27)31/h3-8,10,12-13,15,21H,9,14,16H2,1-2H3/b8-5+/t21-/m0/s1. The number of aromatic nitrogens is 3. The van der Waals surface area contributed by atoms with Gasteiger partial charge in [-0.3, -0.25) is 9.78 Å². The summed E-state index contributed by atoms with van der Waals surface area (Å²) in [6.45, 7) is 1.01. The molecule has 1 aliphatic rings. The molecule has 1 amide bonds. The summed E-state index contributed by atoms with van der Waals surface area (Å²) in [5.74, 6) is -1.72. The molecule has 0 aliphatic carbocycles. The third-order valence-electron chi connectivity index (χ3n) is 6.77. The van der Waals surface area contributed by atoms with Crippen molar-refractivity contribution in [2.24, 2.45) is 0 Å². The number of carbonyl (C=O) groups is 1.